The number of carbonyl (C=O) groups is 1. The van der Waals surface area contributed by atoms with Crippen molar-refractivity contribution in [1.82, 2.24) is 5.32 Å². The fourth-order valence-corrected chi connectivity index (χ4v) is 4.01. The maximum absolute atomic E-state index is 13.1. The van der Waals surface area contributed by atoms with Crippen molar-refractivity contribution in [3.63, 3.8) is 0 Å². The lowest BCUT2D eigenvalue weighted by molar-refractivity contribution is -0.120. The van der Waals surface area contributed by atoms with Crippen molar-refractivity contribution in [3.8, 4) is 11.5 Å². The Balaban J connectivity index is 1.79. The first-order valence-electron chi connectivity index (χ1n) is 9.25. The van der Waals surface area contributed by atoms with Crippen molar-refractivity contribution in [3.05, 3.63) is 53.8 Å². The Morgan fingerprint density at radius 2 is 1.79 bits per heavy atom. The van der Waals surface area contributed by atoms with Gasteiger partial charge in [0.2, 0.25) is 15.9 Å². The molecule has 9 heteroatoms. The fraction of sp³-hybridized carbons (Fsp3) is 0.350. The zero-order valence-corrected chi connectivity index (χ0v) is 17.0. The molecule has 3 rings (SSSR count). The molecule has 1 heterocycles. The highest BCUT2D eigenvalue weighted by molar-refractivity contribution is 7.92. The molecule has 0 fully saturated rings. The van der Waals surface area contributed by atoms with Crippen molar-refractivity contribution < 1.29 is 27.1 Å². The summed E-state index contributed by atoms with van der Waals surface area (Å²) in [6.45, 7) is 3.66. The second kappa shape index (κ2) is 8.69. The topological polar surface area (TPSA) is 84.9 Å². The van der Waals surface area contributed by atoms with E-state index in [1.165, 1.54) is 19.1 Å². The molecule has 2 aromatic carbocycles. The summed E-state index contributed by atoms with van der Waals surface area (Å²) < 4.78 is 50.4. The van der Waals surface area contributed by atoms with Gasteiger partial charge >= 0.3 is 0 Å². The molecule has 1 amide bonds. The molecule has 0 spiro atoms. The predicted molar refractivity (Wildman–Crippen MR) is 107 cm³/mol. The number of rotatable bonds is 7. The molecule has 0 radical (unpaired) electrons. The van der Waals surface area contributed by atoms with E-state index in [1.807, 2.05) is 0 Å². The Labute approximate surface area is 169 Å². The van der Waals surface area contributed by atoms with Crippen LogP contribution in [0, 0.1) is 5.82 Å². The minimum atomic E-state index is -3.71. The summed E-state index contributed by atoms with van der Waals surface area (Å²) in [6.07, 6.45) is 0. The number of hydrogen-bond acceptors (Lipinski definition) is 5. The van der Waals surface area contributed by atoms with E-state index < -0.39 is 22.0 Å². The van der Waals surface area contributed by atoms with E-state index in [1.54, 1.807) is 37.3 Å². The van der Waals surface area contributed by atoms with Gasteiger partial charge in [-0.2, -0.15) is 0 Å². The molecule has 0 saturated carbocycles. The minimum Gasteiger partial charge on any atom is -0.486 e. The van der Waals surface area contributed by atoms with Crippen LogP contribution in [0.4, 0.5) is 10.1 Å². The van der Waals surface area contributed by atoms with Crippen LogP contribution in [0.25, 0.3) is 0 Å². The number of amides is 1. The van der Waals surface area contributed by atoms with E-state index in [0.29, 0.717) is 36.0 Å². The Morgan fingerprint density at radius 1 is 1.14 bits per heavy atom. The largest absolute Gasteiger partial charge is 0.486 e. The highest BCUT2D eigenvalue weighted by Gasteiger charge is 2.26. The van der Waals surface area contributed by atoms with Gasteiger partial charge in [-0.25, -0.2) is 12.8 Å². The summed E-state index contributed by atoms with van der Waals surface area (Å²) >= 11 is 0. The maximum Gasteiger partial charge on any atom is 0.241 e. The number of ether oxygens (including phenoxy) is 2. The number of carbonyl (C=O) groups excluding carboxylic acids is 1. The lowest BCUT2D eigenvalue weighted by Crippen LogP contribution is -2.42. The molecule has 1 aliphatic heterocycles. The van der Waals surface area contributed by atoms with Crippen molar-refractivity contribution in [2.24, 2.45) is 0 Å². The molecular formula is C20H23FN2O5S. The van der Waals surface area contributed by atoms with Crippen LogP contribution >= 0.6 is 0 Å². The van der Waals surface area contributed by atoms with E-state index in [2.05, 4.69) is 5.32 Å². The van der Waals surface area contributed by atoms with E-state index in [4.69, 9.17) is 9.47 Å². The summed E-state index contributed by atoms with van der Waals surface area (Å²) in [4.78, 5) is 12.6. The standard InChI is InChI=1S/C20H23FN2O5S/c1-3-29(25,26)23(17-8-9-18-19(12-17)28-11-10-27-18)13-20(24)22-14(2)15-4-6-16(21)7-5-15/h4-9,12,14H,3,10-11,13H2,1-2H3,(H,22,24)/t14-/m1/s1. The number of nitrogens with zero attached hydrogens (tertiary/aromatic N) is 1. The van der Waals surface area contributed by atoms with Gasteiger partial charge in [-0.15, -0.1) is 0 Å². The van der Waals surface area contributed by atoms with Crippen LogP contribution in [0.15, 0.2) is 42.5 Å². The van der Waals surface area contributed by atoms with Crippen LogP contribution in [0.5, 0.6) is 11.5 Å². The van der Waals surface area contributed by atoms with Crippen molar-refractivity contribution in [1.29, 1.82) is 0 Å². The first kappa shape index (κ1) is 20.9. The average molecular weight is 422 g/mol. The molecule has 1 aliphatic rings. The Bertz CT molecular complexity index is 979. The third-order valence-corrected chi connectivity index (χ3v) is 6.29. The molecule has 0 bridgehead atoms. The molecule has 156 valence electrons. The second-order valence-electron chi connectivity index (χ2n) is 6.58. The first-order valence-corrected chi connectivity index (χ1v) is 10.9. The summed E-state index contributed by atoms with van der Waals surface area (Å²) in [5.74, 6) is -0.0457. The first-order chi connectivity index (χ1) is 13.8. The van der Waals surface area contributed by atoms with Gasteiger partial charge in [-0.3, -0.25) is 9.10 Å². The van der Waals surface area contributed by atoms with Crippen LogP contribution in [0.3, 0.4) is 0 Å². The van der Waals surface area contributed by atoms with E-state index >= 15 is 0 Å². The predicted octanol–water partition coefficient (Wildman–Crippen LogP) is 2.63. The van der Waals surface area contributed by atoms with Crippen LogP contribution in [-0.4, -0.2) is 39.8 Å². The van der Waals surface area contributed by atoms with E-state index in [9.17, 15) is 17.6 Å². The molecule has 1 atom stereocenters. The van der Waals surface area contributed by atoms with E-state index in [-0.39, 0.29) is 18.1 Å². The zero-order chi connectivity index (χ0) is 21.0. The average Bonchev–Trinajstić information content (AvgIpc) is 2.72. The molecule has 29 heavy (non-hydrogen) atoms. The Morgan fingerprint density at radius 3 is 2.45 bits per heavy atom. The Kier molecular flexibility index (Phi) is 6.26. The maximum atomic E-state index is 13.1. The Hall–Kier alpha value is -2.81. The van der Waals surface area contributed by atoms with E-state index in [0.717, 1.165) is 4.31 Å². The number of nitrogens with one attached hydrogen (secondary N) is 1. The molecule has 0 aromatic heterocycles. The van der Waals surface area contributed by atoms with Gasteiger partial charge in [0, 0.05) is 6.07 Å². The summed E-state index contributed by atoms with van der Waals surface area (Å²) in [7, 11) is -3.71. The highest BCUT2D eigenvalue weighted by atomic mass is 32.2. The van der Waals surface area contributed by atoms with Gasteiger partial charge in [0.25, 0.3) is 0 Å². The number of benzene rings is 2. The normalized spacial score (nSPS) is 14.2. The van der Waals surface area contributed by atoms with Crippen LogP contribution < -0.4 is 19.1 Å². The lowest BCUT2D eigenvalue weighted by atomic mass is 10.1. The van der Waals surface area contributed by atoms with Crippen molar-refractivity contribution >= 4 is 21.6 Å². The van der Waals surface area contributed by atoms with Crippen LogP contribution in [0.1, 0.15) is 25.5 Å². The van der Waals surface area contributed by atoms with Gasteiger partial charge in [0.15, 0.2) is 11.5 Å². The fourth-order valence-electron chi connectivity index (χ4n) is 2.95. The highest BCUT2D eigenvalue weighted by Crippen LogP contribution is 2.34. The quantitative estimate of drug-likeness (QED) is 0.742. The molecule has 0 saturated heterocycles. The molecule has 0 aliphatic carbocycles. The summed E-state index contributed by atoms with van der Waals surface area (Å²) in [6, 6.07) is 10.1. The number of halogens is 1. The summed E-state index contributed by atoms with van der Waals surface area (Å²) in [5.41, 5.74) is 1.03. The number of hydrogen-bond donors (Lipinski definition) is 1. The second-order valence-corrected chi connectivity index (χ2v) is 8.76. The molecule has 2 aromatic rings. The number of anilines is 1. The molecule has 7 nitrogen and oxygen atoms in total. The van der Waals surface area contributed by atoms with Gasteiger partial charge in [-0.1, -0.05) is 12.1 Å². The van der Waals surface area contributed by atoms with Gasteiger partial charge in [-0.05, 0) is 43.7 Å². The minimum absolute atomic E-state index is 0.164. The third kappa shape index (κ3) is 4.97. The summed E-state index contributed by atoms with van der Waals surface area (Å²) in [5, 5.41) is 2.75. The molecular weight excluding hydrogens is 399 g/mol. The van der Waals surface area contributed by atoms with Gasteiger partial charge in [0.1, 0.15) is 25.6 Å². The van der Waals surface area contributed by atoms with Crippen molar-refractivity contribution in [2.45, 2.75) is 19.9 Å². The van der Waals surface area contributed by atoms with Crippen molar-refractivity contribution in [2.75, 3.05) is 29.8 Å². The third-order valence-electron chi connectivity index (χ3n) is 4.55. The zero-order valence-electron chi connectivity index (χ0n) is 16.2. The van der Waals surface area contributed by atoms with Crippen LogP contribution in [0.2, 0.25) is 0 Å². The lowest BCUT2D eigenvalue weighted by Gasteiger charge is -2.26. The SMILES string of the molecule is CCS(=O)(=O)N(CC(=O)N[C@H](C)c1ccc(F)cc1)c1ccc2c(c1)OCCO2. The number of fused-ring (bicyclic) bond motifs is 1. The van der Waals surface area contributed by atoms with Crippen LogP contribution in [-0.2, 0) is 14.8 Å². The van der Waals surface area contributed by atoms with Gasteiger partial charge in [0.05, 0.1) is 17.5 Å². The number of sulfonamides is 1. The molecule has 1 N–H and O–H groups in total. The molecule has 0 unspecified atom stereocenters. The smallest absolute Gasteiger partial charge is 0.241 e. The van der Waals surface area contributed by atoms with Gasteiger partial charge < -0.3 is 14.8 Å². The monoisotopic (exact) mass is 422 g/mol.